The highest BCUT2D eigenvalue weighted by atomic mass is 31.2. The molecule has 214 valence electrons. The van der Waals surface area contributed by atoms with Crippen LogP contribution in [0.4, 0.5) is 0 Å². The van der Waals surface area contributed by atoms with Crippen molar-refractivity contribution in [3.05, 3.63) is 121 Å². The van der Waals surface area contributed by atoms with E-state index in [0.717, 1.165) is 29.9 Å². The van der Waals surface area contributed by atoms with Crippen LogP contribution in [0.15, 0.2) is 121 Å². The Morgan fingerprint density at radius 1 is 0.537 bits per heavy atom. The lowest BCUT2D eigenvalue weighted by Gasteiger charge is -2.30. The summed E-state index contributed by atoms with van der Waals surface area (Å²) < 4.78 is 29.7. The van der Waals surface area contributed by atoms with E-state index in [9.17, 15) is 13.9 Å². The van der Waals surface area contributed by atoms with Crippen molar-refractivity contribution < 1.29 is 13.9 Å². The lowest BCUT2D eigenvalue weighted by atomic mass is 10.1. The highest BCUT2D eigenvalue weighted by Gasteiger charge is 2.36. The molecule has 0 saturated carbocycles. The molecule has 0 fully saturated rings. The zero-order valence-electron chi connectivity index (χ0n) is 24.0. The van der Waals surface area contributed by atoms with Crippen LogP contribution >= 0.6 is 14.3 Å². The maximum atomic E-state index is 14.9. The van der Waals surface area contributed by atoms with Gasteiger partial charge in [-0.25, -0.2) is 0 Å². The van der Waals surface area contributed by atoms with Crippen LogP contribution in [-0.4, -0.2) is 29.8 Å². The molecule has 1 amide bonds. The van der Waals surface area contributed by atoms with Crippen LogP contribution in [0.25, 0.3) is 0 Å². The predicted octanol–water partition coefficient (Wildman–Crippen LogP) is 7.16. The molecule has 0 heterocycles. The number of benzene rings is 4. The molecule has 0 saturated heterocycles. The van der Waals surface area contributed by atoms with E-state index in [0.29, 0.717) is 17.2 Å². The minimum Gasteiger partial charge on any atom is -0.334 e. The first-order chi connectivity index (χ1) is 20.0. The fourth-order valence-corrected chi connectivity index (χ4v) is 10.5. The Labute approximate surface area is 245 Å². The lowest BCUT2D eigenvalue weighted by molar-refractivity contribution is -0.127. The standard InChI is InChI=1S/C35H41NO3P2/c1-2-3-4-5-6-19-28-36(30-41(39,33-24-15-9-16-25-33)34-26-17-10-18-27-34)35(37)29-40(38,31-20-11-7-12-21-31)32-22-13-8-14-23-32/h7-18,20-27H,2-6,19,28-30H2,1H3. The summed E-state index contributed by atoms with van der Waals surface area (Å²) in [4.78, 5) is 16.0. The maximum Gasteiger partial charge on any atom is 0.231 e. The average Bonchev–Trinajstić information content (AvgIpc) is 3.03. The van der Waals surface area contributed by atoms with Crippen molar-refractivity contribution in [2.45, 2.75) is 45.4 Å². The Balaban J connectivity index is 1.68. The third-order valence-corrected chi connectivity index (χ3v) is 13.5. The number of carbonyl (C=O) groups is 1. The summed E-state index contributed by atoms with van der Waals surface area (Å²) in [6.07, 6.45) is 6.43. The molecule has 41 heavy (non-hydrogen) atoms. The normalized spacial score (nSPS) is 11.7. The summed E-state index contributed by atoms with van der Waals surface area (Å²) in [6.45, 7) is 2.68. The van der Waals surface area contributed by atoms with Crippen molar-refractivity contribution in [3.63, 3.8) is 0 Å². The third kappa shape index (κ3) is 7.97. The van der Waals surface area contributed by atoms with Crippen molar-refractivity contribution in [1.29, 1.82) is 0 Å². The van der Waals surface area contributed by atoms with E-state index in [1.165, 1.54) is 19.3 Å². The van der Waals surface area contributed by atoms with Gasteiger partial charge in [0.25, 0.3) is 0 Å². The summed E-state index contributed by atoms with van der Waals surface area (Å²) in [6, 6.07) is 37.6. The van der Waals surface area contributed by atoms with E-state index in [2.05, 4.69) is 6.92 Å². The van der Waals surface area contributed by atoms with E-state index in [4.69, 9.17) is 0 Å². The van der Waals surface area contributed by atoms with Crippen LogP contribution in [0.1, 0.15) is 45.4 Å². The predicted molar refractivity (Wildman–Crippen MR) is 174 cm³/mol. The molecule has 4 rings (SSSR count). The van der Waals surface area contributed by atoms with Gasteiger partial charge in [-0.3, -0.25) is 4.79 Å². The summed E-state index contributed by atoms with van der Waals surface area (Å²) in [5.74, 6) is -0.221. The molecule has 0 bridgehead atoms. The first-order valence-electron chi connectivity index (χ1n) is 14.7. The minimum atomic E-state index is -3.28. The Kier molecular flexibility index (Phi) is 11.4. The summed E-state index contributed by atoms with van der Waals surface area (Å²) in [7, 11) is -6.47. The van der Waals surface area contributed by atoms with Gasteiger partial charge in [0.15, 0.2) is 14.3 Å². The van der Waals surface area contributed by atoms with E-state index in [1.807, 2.05) is 121 Å². The van der Waals surface area contributed by atoms with Gasteiger partial charge in [0.1, 0.15) is 0 Å². The highest BCUT2D eigenvalue weighted by molar-refractivity contribution is 7.79. The molecule has 0 unspecified atom stereocenters. The van der Waals surface area contributed by atoms with Gasteiger partial charge in [-0.1, -0.05) is 160 Å². The average molecular weight is 586 g/mol. The molecule has 0 aliphatic heterocycles. The Bertz CT molecular complexity index is 1360. The fraction of sp³-hybridized carbons (Fsp3) is 0.286. The van der Waals surface area contributed by atoms with Crippen molar-refractivity contribution in [1.82, 2.24) is 4.90 Å². The molecule has 0 atom stereocenters. The Hall–Kier alpha value is -3.19. The molecule has 0 aliphatic carbocycles. The second-order valence-corrected chi connectivity index (χ2v) is 16.2. The highest BCUT2D eigenvalue weighted by Crippen LogP contribution is 2.46. The number of hydrogen-bond acceptors (Lipinski definition) is 3. The van der Waals surface area contributed by atoms with Gasteiger partial charge in [0.2, 0.25) is 5.91 Å². The zero-order valence-corrected chi connectivity index (χ0v) is 25.8. The lowest BCUT2D eigenvalue weighted by Crippen LogP contribution is -2.39. The van der Waals surface area contributed by atoms with Crippen LogP contribution in [-0.2, 0) is 13.9 Å². The van der Waals surface area contributed by atoms with Crippen LogP contribution in [0, 0.1) is 0 Å². The molecule has 0 N–H and O–H groups in total. The van der Waals surface area contributed by atoms with Gasteiger partial charge >= 0.3 is 0 Å². The van der Waals surface area contributed by atoms with Gasteiger partial charge in [-0.2, -0.15) is 0 Å². The molecule has 4 nitrogen and oxygen atoms in total. The molecular formula is C35H41NO3P2. The number of amides is 1. The number of hydrogen-bond donors (Lipinski definition) is 0. The molecule has 0 spiro atoms. The topological polar surface area (TPSA) is 54.5 Å². The summed E-state index contributed by atoms with van der Waals surface area (Å²) >= 11 is 0. The van der Waals surface area contributed by atoms with Crippen molar-refractivity contribution in [3.8, 4) is 0 Å². The van der Waals surface area contributed by atoms with E-state index >= 15 is 0 Å². The van der Waals surface area contributed by atoms with E-state index in [-0.39, 0.29) is 18.4 Å². The van der Waals surface area contributed by atoms with E-state index in [1.54, 1.807) is 4.90 Å². The smallest absolute Gasteiger partial charge is 0.231 e. The van der Waals surface area contributed by atoms with Crippen molar-refractivity contribution in [2.24, 2.45) is 0 Å². The SMILES string of the molecule is CCCCCCCCN(CP(=O)(c1ccccc1)c1ccccc1)C(=O)CP(=O)(c1ccccc1)c1ccccc1. The van der Waals surface area contributed by atoms with Gasteiger partial charge in [0, 0.05) is 27.8 Å². The first kappa shape index (κ1) is 30.8. The fourth-order valence-electron chi connectivity index (χ4n) is 5.21. The van der Waals surface area contributed by atoms with Gasteiger partial charge < -0.3 is 14.0 Å². The number of unbranched alkanes of at least 4 members (excludes halogenated alkanes) is 5. The quantitative estimate of drug-likeness (QED) is 0.110. The maximum absolute atomic E-state index is 14.9. The molecule has 4 aromatic rings. The molecule has 0 radical (unpaired) electrons. The van der Waals surface area contributed by atoms with Crippen molar-refractivity contribution >= 4 is 41.4 Å². The molecule has 0 aliphatic rings. The third-order valence-electron chi connectivity index (χ3n) is 7.56. The van der Waals surface area contributed by atoms with Crippen LogP contribution in [0.2, 0.25) is 0 Å². The summed E-state index contributed by atoms with van der Waals surface area (Å²) in [5.41, 5.74) is 0. The molecular weight excluding hydrogens is 544 g/mol. The largest absolute Gasteiger partial charge is 0.334 e. The molecule has 4 aromatic carbocycles. The van der Waals surface area contributed by atoms with Gasteiger partial charge in [0.05, 0.1) is 12.4 Å². The number of carbonyl (C=O) groups excluding carboxylic acids is 1. The molecule has 6 heteroatoms. The zero-order chi connectivity index (χ0) is 29.0. The number of nitrogens with zero attached hydrogens (tertiary/aromatic N) is 1. The van der Waals surface area contributed by atoms with E-state index < -0.39 is 14.3 Å². The van der Waals surface area contributed by atoms with Crippen LogP contribution in [0.5, 0.6) is 0 Å². The molecule has 0 aromatic heterocycles. The van der Waals surface area contributed by atoms with Gasteiger partial charge in [-0.05, 0) is 6.42 Å². The van der Waals surface area contributed by atoms with Crippen LogP contribution in [0.3, 0.4) is 0 Å². The summed E-state index contributed by atoms with van der Waals surface area (Å²) in [5, 5.41) is 2.77. The minimum absolute atomic E-state index is 0.0817. The Morgan fingerprint density at radius 2 is 0.902 bits per heavy atom. The van der Waals surface area contributed by atoms with Crippen molar-refractivity contribution in [2.75, 3.05) is 19.0 Å². The Morgan fingerprint density at radius 3 is 1.32 bits per heavy atom. The second kappa shape index (κ2) is 15.2. The first-order valence-corrected chi connectivity index (χ1v) is 18.4. The van der Waals surface area contributed by atoms with Gasteiger partial charge in [-0.15, -0.1) is 0 Å². The monoisotopic (exact) mass is 585 g/mol. The second-order valence-electron chi connectivity index (χ2n) is 10.5. The van der Waals surface area contributed by atoms with Crippen LogP contribution < -0.4 is 21.2 Å². The number of rotatable bonds is 15.